The van der Waals surface area contributed by atoms with Gasteiger partial charge in [-0.15, -0.1) is 0 Å². The van der Waals surface area contributed by atoms with E-state index in [2.05, 4.69) is 10.3 Å². The summed E-state index contributed by atoms with van der Waals surface area (Å²) in [6, 6.07) is 13.6. The van der Waals surface area contributed by atoms with Gasteiger partial charge in [-0.3, -0.25) is 14.6 Å². The Hall–Kier alpha value is -3.68. The second kappa shape index (κ2) is 10.7. The number of nitrogens with one attached hydrogen (secondary N) is 1. The average Bonchev–Trinajstić information content (AvgIpc) is 2.81. The number of hydrogen-bond acceptors (Lipinski definition) is 3. The first-order chi connectivity index (χ1) is 17.5. The second-order valence-corrected chi connectivity index (χ2v) is 9.76. The Morgan fingerprint density at radius 1 is 1.08 bits per heavy atom. The van der Waals surface area contributed by atoms with Gasteiger partial charge in [-0.2, -0.15) is 13.2 Å². The zero-order valence-corrected chi connectivity index (χ0v) is 20.7. The van der Waals surface area contributed by atoms with Crippen LogP contribution in [-0.2, 0) is 15.8 Å². The van der Waals surface area contributed by atoms with E-state index in [9.17, 15) is 22.8 Å². The highest BCUT2D eigenvalue weighted by molar-refractivity contribution is 5.97. The molecule has 1 amide bonds. The average molecular weight is 511 g/mol. The molecule has 2 atom stereocenters. The number of nitrogens with zero attached hydrogens (tertiary/aromatic N) is 1. The number of carbonyl (C=O) groups is 2. The third-order valence-electron chi connectivity index (χ3n) is 7.22. The normalized spacial score (nSPS) is 15.5. The lowest BCUT2D eigenvalue weighted by Crippen LogP contribution is -2.31. The third-order valence-corrected chi connectivity index (χ3v) is 7.22. The summed E-state index contributed by atoms with van der Waals surface area (Å²) in [5.41, 5.74) is 3.30. The molecule has 37 heavy (non-hydrogen) atoms. The number of alkyl halides is 3. The fourth-order valence-corrected chi connectivity index (χ4v) is 4.95. The summed E-state index contributed by atoms with van der Waals surface area (Å²) in [7, 11) is 0. The Morgan fingerprint density at radius 2 is 1.78 bits per heavy atom. The largest absolute Gasteiger partial charge is 0.481 e. The minimum Gasteiger partial charge on any atom is -0.481 e. The molecule has 0 aliphatic heterocycles. The predicted octanol–water partition coefficient (Wildman–Crippen LogP) is 7.18. The fourth-order valence-electron chi connectivity index (χ4n) is 4.95. The number of pyridine rings is 1. The Balaban J connectivity index is 1.57. The topological polar surface area (TPSA) is 79.3 Å². The maximum atomic E-state index is 13.5. The van der Waals surface area contributed by atoms with Gasteiger partial charge in [0.15, 0.2) is 0 Å². The van der Waals surface area contributed by atoms with Crippen LogP contribution in [-0.4, -0.2) is 22.0 Å². The van der Waals surface area contributed by atoms with Gasteiger partial charge in [-0.25, -0.2) is 0 Å². The fraction of sp³-hybridized carbons (Fsp3) is 0.345. The van der Waals surface area contributed by atoms with Crippen LogP contribution in [0.3, 0.4) is 0 Å². The number of anilines is 1. The Labute approximate surface area is 213 Å². The molecule has 0 radical (unpaired) electrons. The number of amides is 1. The van der Waals surface area contributed by atoms with Crippen molar-refractivity contribution in [3.8, 4) is 11.1 Å². The van der Waals surface area contributed by atoms with Crippen molar-refractivity contribution in [2.45, 2.75) is 57.5 Å². The number of hydrogen-bond donors (Lipinski definition) is 2. The molecule has 1 aliphatic rings. The van der Waals surface area contributed by atoms with E-state index >= 15 is 0 Å². The van der Waals surface area contributed by atoms with E-state index in [1.54, 1.807) is 24.3 Å². The van der Waals surface area contributed by atoms with Crippen molar-refractivity contribution in [1.82, 2.24) is 4.98 Å². The molecule has 1 fully saturated rings. The Bertz CT molecular complexity index is 1280. The molecule has 1 heterocycles. The van der Waals surface area contributed by atoms with Gasteiger partial charge in [0.25, 0.3) is 0 Å². The van der Waals surface area contributed by atoms with Gasteiger partial charge in [0.2, 0.25) is 5.91 Å². The van der Waals surface area contributed by atoms with Crippen LogP contribution in [0.15, 0.2) is 60.9 Å². The van der Waals surface area contributed by atoms with E-state index in [1.807, 2.05) is 32.0 Å². The van der Waals surface area contributed by atoms with Gasteiger partial charge in [0, 0.05) is 23.6 Å². The molecule has 4 rings (SSSR count). The van der Waals surface area contributed by atoms with Crippen LogP contribution < -0.4 is 5.32 Å². The van der Waals surface area contributed by atoms with Crippen LogP contribution in [0.4, 0.5) is 18.9 Å². The van der Waals surface area contributed by atoms with Crippen molar-refractivity contribution in [2.75, 3.05) is 5.32 Å². The van der Waals surface area contributed by atoms with Crippen LogP contribution in [0.25, 0.3) is 11.1 Å². The van der Waals surface area contributed by atoms with Crippen molar-refractivity contribution in [3.63, 3.8) is 0 Å². The number of rotatable bonds is 8. The number of carboxylic acids is 1. The highest BCUT2D eigenvalue weighted by atomic mass is 19.4. The molecule has 0 spiro atoms. The zero-order chi connectivity index (χ0) is 26.7. The van der Waals surface area contributed by atoms with Gasteiger partial charge in [-0.05, 0) is 66.0 Å². The lowest BCUT2D eigenvalue weighted by atomic mass is 9.72. The van der Waals surface area contributed by atoms with Crippen molar-refractivity contribution < 1.29 is 27.9 Å². The SMILES string of the molecule is Cc1c(NC(=O)[C@H](c2ccc(-c3cncc(C(F)(F)F)c3)cc2)C2CCC2)cccc1[C@@H](C)CC(=O)O. The monoisotopic (exact) mass is 510 g/mol. The van der Waals surface area contributed by atoms with Crippen LogP contribution in [0, 0.1) is 12.8 Å². The van der Waals surface area contributed by atoms with E-state index < -0.39 is 23.6 Å². The predicted molar refractivity (Wildman–Crippen MR) is 135 cm³/mol. The number of aromatic nitrogens is 1. The maximum Gasteiger partial charge on any atom is 0.417 e. The highest BCUT2D eigenvalue weighted by Crippen LogP contribution is 2.41. The summed E-state index contributed by atoms with van der Waals surface area (Å²) in [4.78, 5) is 28.4. The lowest BCUT2D eigenvalue weighted by Gasteiger charge is -2.33. The van der Waals surface area contributed by atoms with Crippen molar-refractivity contribution >= 4 is 17.6 Å². The second-order valence-electron chi connectivity index (χ2n) is 9.76. The summed E-state index contributed by atoms with van der Waals surface area (Å²) in [6.07, 6.45) is 0.603. The summed E-state index contributed by atoms with van der Waals surface area (Å²) >= 11 is 0. The lowest BCUT2D eigenvalue weighted by molar-refractivity contribution is -0.138. The number of benzene rings is 2. The summed E-state index contributed by atoms with van der Waals surface area (Å²) in [6.45, 7) is 3.72. The first-order valence-electron chi connectivity index (χ1n) is 12.3. The van der Waals surface area contributed by atoms with Gasteiger partial charge >= 0.3 is 12.1 Å². The van der Waals surface area contributed by atoms with Crippen molar-refractivity contribution in [2.24, 2.45) is 5.92 Å². The molecule has 2 aromatic carbocycles. The molecular formula is C29H29F3N2O3. The van der Waals surface area contributed by atoms with Crippen LogP contribution in [0.2, 0.25) is 0 Å². The molecule has 2 N–H and O–H groups in total. The first-order valence-corrected chi connectivity index (χ1v) is 12.3. The third kappa shape index (κ3) is 6.01. The maximum absolute atomic E-state index is 13.5. The van der Waals surface area contributed by atoms with E-state index in [-0.39, 0.29) is 24.2 Å². The van der Waals surface area contributed by atoms with Gasteiger partial charge < -0.3 is 10.4 Å². The minimum atomic E-state index is -4.47. The summed E-state index contributed by atoms with van der Waals surface area (Å²) < 4.78 is 39.3. The van der Waals surface area contributed by atoms with Crippen molar-refractivity contribution in [1.29, 1.82) is 0 Å². The van der Waals surface area contributed by atoms with E-state index in [1.165, 1.54) is 6.20 Å². The summed E-state index contributed by atoms with van der Waals surface area (Å²) in [5.74, 6) is -1.45. The van der Waals surface area contributed by atoms with Gasteiger partial charge in [0.05, 0.1) is 17.9 Å². The van der Waals surface area contributed by atoms with Gasteiger partial charge in [0.1, 0.15) is 0 Å². The molecule has 0 bridgehead atoms. The molecule has 8 heteroatoms. The molecular weight excluding hydrogens is 481 g/mol. The molecule has 3 aromatic rings. The Morgan fingerprint density at radius 3 is 2.38 bits per heavy atom. The number of carboxylic acid groups (broad SMARTS) is 1. The molecule has 0 saturated heterocycles. The van der Waals surface area contributed by atoms with E-state index in [4.69, 9.17) is 5.11 Å². The van der Waals surface area contributed by atoms with E-state index in [0.29, 0.717) is 16.8 Å². The zero-order valence-electron chi connectivity index (χ0n) is 20.7. The minimum absolute atomic E-state index is 0.00329. The molecule has 1 aromatic heterocycles. The van der Waals surface area contributed by atoms with Crippen molar-refractivity contribution in [3.05, 3.63) is 83.2 Å². The van der Waals surface area contributed by atoms with Crippen LogP contribution in [0.1, 0.15) is 66.7 Å². The van der Waals surface area contributed by atoms with Crippen LogP contribution in [0.5, 0.6) is 0 Å². The molecule has 0 unspecified atom stereocenters. The quantitative estimate of drug-likeness (QED) is 0.337. The molecule has 5 nitrogen and oxygen atoms in total. The first kappa shape index (κ1) is 26.4. The Kier molecular flexibility index (Phi) is 7.66. The standard InChI is InChI=1S/C29H29F3N2O3/c1-17(13-26(35)36)24-7-4-8-25(18(24)2)34-28(37)27(20-5-3-6-20)21-11-9-19(10-12-21)22-14-23(16-33-15-22)29(30,31)32/h4,7-12,14-17,20,27H,3,5-6,13H2,1-2H3,(H,34,37)(H,35,36)/t17-,27-/m0/s1. The van der Waals surface area contributed by atoms with Gasteiger partial charge in [-0.1, -0.05) is 49.7 Å². The highest BCUT2D eigenvalue weighted by Gasteiger charge is 2.34. The number of aliphatic carboxylic acids is 1. The van der Waals surface area contributed by atoms with E-state index in [0.717, 1.165) is 48.2 Å². The molecule has 1 aliphatic carbocycles. The van der Waals surface area contributed by atoms with Crippen LogP contribution >= 0.6 is 0 Å². The molecule has 194 valence electrons. The number of halogens is 3. The molecule has 1 saturated carbocycles. The number of carbonyl (C=O) groups excluding carboxylic acids is 1. The smallest absolute Gasteiger partial charge is 0.417 e. The summed E-state index contributed by atoms with van der Waals surface area (Å²) in [5, 5.41) is 12.2.